The summed E-state index contributed by atoms with van der Waals surface area (Å²) >= 11 is 13.6. The van der Waals surface area contributed by atoms with E-state index in [-0.39, 0.29) is 16.6 Å². The van der Waals surface area contributed by atoms with E-state index in [9.17, 15) is 14.9 Å². The van der Waals surface area contributed by atoms with Gasteiger partial charge in [-0.05, 0) is 48.2 Å². The number of benzene rings is 2. The van der Waals surface area contributed by atoms with Gasteiger partial charge in [0.15, 0.2) is 5.17 Å². The van der Waals surface area contributed by atoms with Gasteiger partial charge in [0.25, 0.3) is 11.6 Å². The fraction of sp³-hybridized carbons (Fsp3) is 0.167. The molecule has 5 rings (SSSR count). The minimum absolute atomic E-state index is 0.0984. The predicted octanol–water partition coefficient (Wildman–Crippen LogP) is 5.95. The Balaban J connectivity index is 1.24. The molecular formula is C24H18Cl2N4O4S. The summed E-state index contributed by atoms with van der Waals surface area (Å²) < 4.78 is 5.84. The van der Waals surface area contributed by atoms with Crippen molar-refractivity contribution in [1.29, 1.82) is 0 Å². The van der Waals surface area contributed by atoms with Gasteiger partial charge in [-0.3, -0.25) is 14.9 Å². The fourth-order valence-corrected chi connectivity index (χ4v) is 5.28. The van der Waals surface area contributed by atoms with E-state index in [0.29, 0.717) is 32.2 Å². The number of nitro groups is 1. The lowest BCUT2D eigenvalue weighted by Crippen LogP contribution is -2.47. The second-order valence-corrected chi connectivity index (χ2v) is 9.74. The molecule has 8 nitrogen and oxygen atoms in total. The zero-order valence-corrected chi connectivity index (χ0v) is 20.5. The van der Waals surface area contributed by atoms with Crippen LogP contribution in [0.2, 0.25) is 10.0 Å². The Morgan fingerprint density at radius 1 is 1.03 bits per heavy atom. The summed E-state index contributed by atoms with van der Waals surface area (Å²) in [4.78, 5) is 32.0. The summed E-state index contributed by atoms with van der Waals surface area (Å²) in [5, 5.41) is 12.5. The van der Waals surface area contributed by atoms with Crippen molar-refractivity contribution < 1.29 is 14.1 Å². The normalized spacial score (nSPS) is 17.3. The molecule has 0 bridgehead atoms. The quantitative estimate of drug-likeness (QED) is 0.234. The molecule has 178 valence electrons. The molecule has 0 atom stereocenters. The third-order valence-electron chi connectivity index (χ3n) is 5.66. The number of aliphatic imine (C=N–C) groups is 1. The number of piperazine rings is 1. The molecule has 2 aromatic carbocycles. The fourth-order valence-electron chi connectivity index (χ4n) is 3.88. The number of nitrogens with zero attached hydrogens (tertiary/aromatic N) is 4. The topological polar surface area (TPSA) is 92.2 Å². The number of nitro benzene ring substituents is 1. The molecule has 1 amide bonds. The summed E-state index contributed by atoms with van der Waals surface area (Å²) in [5.74, 6) is 0.603. The molecule has 1 fully saturated rings. The first kappa shape index (κ1) is 23.5. The van der Waals surface area contributed by atoms with E-state index >= 15 is 0 Å². The van der Waals surface area contributed by atoms with Gasteiger partial charge in [-0.2, -0.15) is 4.99 Å². The second-order valence-electron chi connectivity index (χ2n) is 7.89. The zero-order chi connectivity index (χ0) is 24.5. The molecule has 0 N–H and O–H groups in total. The number of thioether (sulfide) groups is 1. The molecule has 0 radical (unpaired) electrons. The molecule has 0 saturated carbocycles. The number of anilines is 1. The largest absolute Gasteiger partial charge is 0.457 e. The Morgan fingerprint density at radius 3 is 2.51 bits per heavy atom. The smallest absolute Gasteiger partial charge is 0.286 e. The number of rotatable bonds is 4. The van der Waals surface area contributed by atoms with Crippen LogP contribution in [0.3, 0.4) is 0 Å². The van der Waals surface area contributed by atoms with E-state index in [4.69, 9.17) is 27.6 Å². The molecule has 3 aromatic rings. The van der Waals surface area contributed by atoms with Crippen LogP contribution in [0.15, 0.2) is 68.9 Å². The van der Waals surface area contributed by atoms with Gasteiger partial charge < -0.3 is 14.2 Å². The van der Waals surface area contributed by atoms with Crippen LogP contribution in [0.25, 0.3) is 17.4 Å². The van der Waals surface area contributed by atoms with Gasteiger partial charge >= 0.3 is 0 Å². The van der Waals surface area contributed by atoms with Crippen LogP contribution in [-0.2, 0) is 4.79 Å². The van der Waals surface area contributed by atoms with Gasteiger partial charge in [-0.1, -0.05) is 29.3 Å². The van der Waals surface area contributed by atoms with Crippen molar-refractivity contribution in [2.24, 2.45) is 4.99 Å². The lowest BCUT2D eigenvalue weighted by Gasteiger charge is -2.36. The van der Waals surface area contributed by atoms with E-state index in [1.54, 1.807) is 18.2 Å². The van der Waals surface area contributed by atoms with Gasteiger partial charge in [0.2, 0.25) is 0 Å². The lowest BCUT2D eigenvalue weighted by molar-refractivity contribution is -0.384. The first-order valence-electron chi connectivity index (χ1n) is 10.7. The molecule has 1 saturated heterocycles. The van der Waals surface area contributed by atoms with Crippen molar-refractivity contribution in [3.63, 3.8) is 0 Å². The number of amidine groups is 1. The van der Waals surface area contributed by atoms with Crippen LogP contribution in [0.1, 0.15) is 5.76 Å². The summed E-state index contributed by atoms with van der Waals surface area (Å²) in [6.45, 7) is 3.07. The average Bonchev–Trinajstić information content (AvgIpc) is 3.46. The number of hydrogen-bond donors (Lipinski definition) is 0. The average molecular weight is 529 g/mol. The summed E-state index contributed by atoms with van der Waals surface area (Å²) in [6, 6.07) is 15.4. The Labute approximate surface area is 215 Å². The Kier molecular flexibility index (Phi) is 6.55. The summed E-state index contributed by atoms with van der Waals surface area (Å²) in [7, 11) is 0. The molecule has 2 aliphatic heterocycles. The van der Waals surface area contributed by atoms with Crippen molar-refractivity contribution in [2.45, 2.75) is 0 Å². The van der Waals surface area contributed by atoms with Crippen molar-refractivity contribution in [2.75, 3.05) is 31.1 Å². The van der Waals surface area contributed by atoms with Gasteiger partial charge in [-0.25, -0.2) is 0 Å². The molecule has 1 aromatic heterocycles. The van der Waals surface area contributed by atoms with Crippen LogP contribution in [0.5, 0.6) is 0 Å². The highest BCUT2D eigenvalue weighted by atomic mass is 35.5. The van der Waals surface area contributed by atoms with Gasteiger partial charge in [-0.15, -0.1) is 0 Å². The first-order chi connectivity index (χ1) is 16.9. The maximum absolute atomic E-state index is 12.5. The van der Waals surface area contributed by atoms with Gasteiger partial charge in [0.05, 0.1) is 14.9 Å². The molecule has 11 heteroatoms. The van der Waals surface area contributed by atoms with Crippen LogP contribution in [0.4, 0.5) is 11.4 Å². The van der Waals surface area contributed by atoms with Crippen molar-refractivity contribution in [3.8, 4) is 11.3 Å². The van der Waals surface area contributed by atoms with Crippen LogP contribution >= 0.6 is 35.0 Å². The van der Waals surface area contributed by atoms with E-state index in [2.05, 4.69) is 14.8 Å². The monoisotopic (exact) mass is 528 g/mol. The molecule has 2 aliphatic rings. The summed E-state index contributed by atoms with van der Waals surface area (Å²) in [5.41, 5.74) is 1.51. The third kappa shape index (κ3) is 5.07. The minimum atomic E-state index is -0.509. The molecule has 3 heterocycles. The number of carbonyl (C=O) groups excluding carboxylic acids is 1. The van der Waals surface area contributed by atoms with E-state index < -0.39 is 4.92 Å². The number of halogens is 2. The van der Waals surface area contributed by atoms with E-state index in [1.165, 1.54) is 30.0 Å². The molecule has 0 unspecified atom stereocenters. The standard InChI is InChI=1S/C24H18Cl2N4O4S/c25-15-2-1-3-16(12-15)28-8-10-29(11-9-28)24-27-23(31)22(35-24)14-18-5-7-21(34-18)19-6-4-17(30(32)33)13-20(19)26/h1-7,12-14H,8-11H2/b22-14+. The second kappa shape index (κ2) is 9.77. The van der Waals surface area contributed by atoms with Crippen LogP contribution in [-0.4, -0.2) is 47.1 Å². The minimum Gasteiger partial charge on any atom is -0.457 e. The molecule has 0 aliphatic carbocycles. The molecule has 0 spiro atoms. The zero-order valence-electron chi connectivity index (χ0n) is 18.2. The molecule has 35 heavy (non-hydrogen) atoms. The van der Waals surface area contributed by atoms with E-state index in [1.807, 2.05) is 24.3 Å². The van der Waals surface area contributed by atoms with Crippen LogP contribution < -0.4 is 4.90 Å². The number of furan rings is 1. The Morgan fingerprint density at radius 2 is 1.80 bits per heavy atom. The lowest BCUT2D eigenvalue weighted by atomic mass is 10.1. The van der Waals surface area contributed by atoms with Crippen molar-refractivity contribution >= 4 is 63.5 Å². The maximum Gasteiger partial charge on any atom is 0.286 e. The van der Waals surface area contributed by atoms with Gasteiger partial charge in [0.1, 0.15) is 11.5 Å². The Bertz CT molecular complexity index is 1380. The number of carbonyl (C=O) groups is 1. The number of hydrogen-bond acceptors (Lipinski definition) is 7. The highest BCUT2D eigenvalue weighted by Crippen LogP contribution is 2.35. The third-order valence-corrected chi connectivity index (χ3v) is 7.25. The van der Waals surface area contributed by atoms with Gasteiger partial charge in [0, 0.05) is 60.7 Å². The summed E-state index contributed by atoms with van der Waals surface area (Å²) in [6.07, 6.45) is 1.65. The number of non-ortho nitro benzene ring substituents is 1. The highest BCUT2D eigenvalue weighted by molar-refractivity contribution is 8.18. The first-order valence-corrected chi connectivity index (χ1v) is 12.3. The van der Waals surface area contributed by atoms with E-state index in [0.717, 1.165) is 31.9 Å². The number of amides is 1. The van der Waals surface area contributed by atoms with Crippen molar-refractivity contribution in [3.05, 3.63) is 85.4 Å². The SMILES string of the molecule is O=C1N=C(N2CCN(c3cccc(Cl)c3)CC2)S/C1=C/c1ccc(-c2ccc([N+](=O)[O-])cc2Cl)o1. The van der Waals surface area contributed by atoms with Crippen molar-refractivity contribution in [1.82, 2.24) is 4.90 Å². The molecular weight excluding hydrogens is 511 g/mol. The predicted molar refractivity (Wildman–Crippen MR) is 139 cm³/mol. The highest BCUT2D eigenvalue weighted by Gasteiger charge is 2.29. The Hall–Kier alpha value is -3.27. The van der Waals surface area contributed by atoms with Crippen LogP contribution in [0, 0.1) is 10.1 Å². The maximum atomic E-state index is 12.5.